The third-order valence-electron chi connectivity index (χ3n) is 4.51. The van der Waals surface area contributed by atoms with E-state index in [4.69, 9.17) is 15.0 Å². The summed E-state index contributed by atoms with van der Waals surface area (Å²) in [5.74, 6) is 0.884. The van der Waals surface area contributed by atoms with Crippen LogP contribution in [-0.2, 0) is 6.42 Å². The molecule has 0 amide bonds. The van der Waals surface area contributed by atoms with Crippen molar-refractivity contribution < 1.29 is 0 Å². The van der Waals surface area contributed by atoms with Crippen molar-refractivity contribution in [3.8, 4) is 16.4 Å². The van der Waals surface area contributed by atoms with Crippen molar-refractivity contribution in [3.05, 3.63) is 71.6 Å². The van der Waals surface area contributed by atoms with Gasteiger partial charge in [0, 0.05) is 5.69 Å². The van der Waals surface area contributed by atoms with Crippen LogP contribution in [-0.4, -0.2) is 19.5 Å². The SMILES string of the molecule is CCc1ccc(-n2c(-c3cccs3)nc3nc4ccccc4nc32)cc1. The van der Waals surface area contributed by atoms with E-state index in [1.54, 1.807) is 11.3 Å². The lowest BCUT2D eigenvalue weighted by atomic mass is 10.1. The Balaban J connectivity index is 1.84. The van der Waals surface area contributed by atoms with Crippen molar-refractivity contribution in [1.29, 1.82) is 0 Å². The number of rotatable bonds is 3. The molecule has 0 N–H and O–H groups in total. The van der Waals surface area contributed by atoms with Crippen LogP contribution < -0.4 is 0 Å². The van der Waals surface area contributed by atoms with E-state index in [1.807, 2.05) is 30.3 Å². The van der Waals surface area contributed by atoms with Gasteiger partial charge in [0.05, 0.1) is 15.9 Å². The number of benzene rings is 2. The van der Waals surface area contributed by atoms with Crippen LogP contribution >= 0.6 is 11.3 Å². The van der Waals surface area contributed by atoms with Gasteiger partial charge in [0.15, 0.2) is 17.1 Å². The largest absolute Gasteiger partial charge is 0.275 e. The van der Waals surface area contributed by atoms with E-state index in [1.165, 1.54) is 5.56 Å². The fourth-order valence-corrected chi connectivity index (χ4v) is 3.86. The van der Waals surface area contributed by atoms with E-state index < -0.39 is 0 Å². The molecule has 0 fully saturated rings. The first-order chi connectivity index (χ1) is 12.8. The first-order valence-corrected chi connectivity index (χ1v) is 9.50. The van der Waals surface area contributed by atoms with Gasteiger partial charge in [-0.05, 0) is 47.7 Å². The average molecular weight is 356 g/mol. The van der Waals surface area contributed by atoms with Crippen LogP contribution in [0.2, 0.25) is 0 Å². The maximum absolute atomic E-state index is 4.87. The van der Waals surface area contributed by atoms with E-state index in [0.717, 1.165) is 39.5 Å². The highest BCUT2D eigenvalue weighted by molar-refractivity contribution is 7.13. The molecule has 5 aromatic rings. The topological polar surface area (TPSA) is 43.6 Å². The van der Waals surface area contributed by atoms with E-state index in [0.29, 0.717) is 5.65 Å². The van der Waals surface area contributed by atoms with Crippen LogP contribution in [0.5, 0.6) is 0 Å². The van der Waals surface area contributed by atoms with Gasteiger partial charge in [-0.3, -0.25) is 4.57 Å². The summed E-state index contributed by atoms with van der Waals surface area (Å²) in [6.45, 7) is 2.16. The summed E-state index contributed by atoms with van der Waals surface area (Å²) in [6, 6.07) is 20.6. The standard InChI is InChI=1S/C21H16N4S/c1-2-14-9-11-15(12-10-14)25-20(18-8-5-13-26-18)24-19-21(25)23-17-7-4-3-6-16(17)22-19/h3-13H,2H2,1H3. The fourth-order valence-electron chi connectivity index (χ4n) is 3.15. The molecule has 3 aromatic heterocycles. The zero-order valence-corrected chi connectivity index (χ0v) is 15.1. The molecule has 0 saturated carbocycles. The summed E-state index contributed by atoms with van der Waals surface area (Å²) in [5, 5.41) is 2.07. The highest BCUT2D eigenvalue weighted by Gasteiger charge is 2.18. The first-order valence-electron chi connectivity index (χ1n) is 8.62. The summed E-state index contributed by atoms with van der Waals surface area (Å²) >= 11 is 1.67. The Bertz CT molecular complexity index is 1200. The van der Waals surface area contributed by atoms with E-state index in [2.05, 4.69) is 47.2 Å². The smallest absolute Gasteiger partial charge is 0.199 e. The highest BCUT2D eigenvalue weighted by Crippen LogP contribution is 2.30. The zero-order valence-electron chi connectivity index (χ0n) is 14.3. The van der Waals surface area contributed by atoms with Gasteiger partial charge < -0.3 is 0 Å². The number of imidazole rings is 1. The summed E-state index contributed by atoms with van der Waals surface area (Å²) in [6.07, 6.45) is 1.02. The second-order valence-corrected chi connectivity index (χ2v) is 7.08. The minimum absolute atomic E-state index is 0.673. The number of aromatic nitrogens is 4. The van der Waals surface area contributed by atoms with E-state index in [9.17, 15) is 0 Å². The molecule has 2 aromatic carbocycles. The molecule has 26 heavy (non-hydrogen) atoms. The number of fused-ring (bicyclic) bond motifs is 2. The molecule has 0 aliphatic heterocycles. The van der Waals surface area contributed by atoms with Gasteiger partial charge in [0.1, 0.15) is 0 Å². The fraction of sp³-hybridized carbons (Fsp3) is 0.0952. The predicted octanol–water partition coefficient (Wildman–Crippen LogP) is 5.26. The van der Waals surface area contributed by atoms with Gasteiger partial charge in [-0.15, -0.1) is 11.3 Å². The molecule has 0 aliphatic carbocycles. The number of para-hydroxylation sites is 2. The molecule has 0 aliphatic rings. The maximum Gasteiger partial charge on any atom is 0.199 e. The number of aryl methyl sites for hydroxylation is 1. The van der Waals surface area contributed by atoms with Gasteiger partial charge in [0.25, 0.3) is 0 Å². The Morgan fingerprint density at radius 1 is 0.846 bits per heavy atom. The monoisotopic (exact) mass is 356 g/mol. The van der Waals surface area contributed by atoms with Crippen LogP contribution in [0.4, 0.5) is 0 Å². The molecule has 0 saturated heterocycles. The number of hydrogen-bond donors (Lipinski definition) is 0. The molecule has 0 atom stereocenters. The second kappa shape index (κ2) is 6.04. The molecule has 5 rings (SSSR count). The molecule has 0 spiro atoms. The minimum Gasteiger partial charge on any atom is -0.275 e. The van der Waals surface area contributed by atoms with Crippen molar-refractivity contribution in [2.24, 2.45) is 0 Å². The van der Waals surface area contributed by atoms with Gasteiger partial charge in [-0.1, -0.05) is 37.3 Å². The minimum atomic E-state index is 0.673. The molecule has 5 heteroatoms. The molecule has 4 nitrogen and oxygen atoms in total. The number of nitrogens with zero attached hydrogens (tertiary/aromatic N) is 4. The Kier molecular flexibility index (Phi) is 3.53. The summed E-state index contributed by atoms with van der Waals surface area (Å²) in [7, 11) is 0. The maximum atomic E-state index is 4.87. The van der Waals surface area contributed by atoms with E-state index >= 15 is 0 Å². The first kappa shape index (κ1) is 15.2. The van der Waals surface area contributed by atoms with Gasteiger partial charge >= 0.3 is 0 Å². The molecule has 126 valence electrons. The lowest BCUT2D eigenvalue weighted by Crippen LogP contribution is -1.99. The molecule has 0 unspecified atom stereocenters. The van der Waals surface area contributed by atoms with Crippen molar-refractivity contribution in [2.75, 3.05) is 0 Å². The lowest BCUT2D eigenvalue weighted by Gasteiger charge is -2.08. The zero-order chi connectivity index (χ0) is 17.5. The summed E-state index contributed by atoms with van der Waals surface area (Å²) in [5.41, 5.74) is 5.57. The van der Waals surface area contributed by atoms with Crippen LogP contribution in [0.1, 0.15) is 12.5 Å². The van der Waals surface area contributed by atoms with Crippen LogP contribution in [0.3, 0.4) is 0 Å². The lowest BCUT2D eigenvalue weighted by molar-refractivity contribution is 1.07. The van der Waals surface area contributed by atoms with Crippen LogP contribution in [0, 0.1) is 0 Å². The summed E-state index contributed by atoms with van der Waals surface area (Å²) < 4.78 is 2.11. The Hall–Kier alpha value is -3.05. The van der Waals surface area contributed by atoms with Gasteiger partial charge in [0.2, 0.25) is 0 Å². The third-order valence-corrected chi connectivity index (χ3v) is 5.38. The number of hydrogen-bond acceptors (Lipinski definition) is 4. The Labute approximate surface area is 154 Å². The number of thiophene rings is 1. The highest BCUT2D eigenvalue weighted by atomic mass is 32.1. The van der Waals surface area contributed by atoms with Crippen molar-refractivity contribution in [2.45, 2.75) is 13.3 Å². The molecular formula is C21H16N4S. The molecular weight excluding hydrogens is 340 g/mol. The van der Waals surface area contributed by atoms with Crippen molar-refractivity contribution >= 4 is 33.7 Å². The van der Waals surface area contributed by atoms with E-state index in [-0.39, 0.29) is 0 Å². The van der Waals surface area contributed by atoms with Crippen LogP contribution in [0.15, 0.2) is 66.0 Å². The Morgan fingerprint density at radius 3 is 2.31 bits per heavy atom. The average Bonchev–Trinajstić information content (AvgIpc) is 3.34. The summed E-state index contributed by atoms with van der Waals surface area (Å²) in [4.78, 5) is 15.5. The normalized spacial score (nSPS) is 11.4. The third kappa shape index (κ3) is 2.40. The van der Waals surface area contributed by atoms with Crippen LogP contribution in [0.25, 0.3) is 38.7 Å². The van der Waals surface area contributed by atoms with Gasteiger partial charge in [-0.25, -0.2) is 15.0 Å². The molecule has 3 heterocycles. The van der Waals surface area contributed by atoms with Crippen molar-refractivity contribution in [1.82, 2.24) is 19.5 Å². The quantitative estimate of drug-likeness (QED) is 0.443. The predicted molar refractivity (Wildman–Crippen MR) is 107 cm³/mol. The van der Waals surface area contributed by atoms with Crippen molar-refractivity contribution in [3.63, 3.8) is 0 Å². The molecule has 0 bridgehead atoms. The molecule has 0 radical (unpaired) electrons. The second-order valence-electron chi connectivity index (χ2n) is 6.13. The van der Waals surface area contributed by atoms with Gasteiger partial charge in [-0.2, -0.15) is 0 Å². The Morgan fingerprint density at radius 2 is 1.62 bits per heavy atom.